The first kappa shape index (κ1) is 19.2. The molecule has 3 N–H and O–H groups in total. The molecule has 2 unspecified atom stereocenters. The number of nitrogens with two attached hydrogens (primary N) is 1. The van der Waals surface area contributed by atoms with Crippen molar-refractivity contribution in [2.45, 2.75) is 11.8 Å². The van der Waals surface area contributed by atoms with Crippen LogP contribution < -0.4 is 20.0 Å². The van der Waals surface area contributed by atoms with Crippen LogP contribution in [0.5, 0.6) is 11.5 Å². The lowest BCUT2D eigenvalue weighted by Gasteiger charge is -2.29. The minimum absolute atomic E-state index is 0.112. The summed E-state index contributed by atoms with van der Waals surface area (Å²) in [4.78, 5) is 14.6. The van der Waals surface area contributed by atoms with Crippen LogP contribution in [0.3, 0.4) is 0 Å². The molecular weight excluding hydrogens is 370 g/mol. The monoisotopic (exact) mass is 391 g/mol. The number of amides is 1. The number of benzene rings is 2. The number of hydrogen-bond donors (Lipinski definition) is 2. The number of likely N-dealkylation sites (N-methyl/N-ethyl adjacent to an activating group) is 1. The Labute approximate surface area is 158 Å². The van der Waals surface area contributed by atoms with Crippen LogP contribution in [0.4, 0.5) is 0 Å². The Morgan fingerprint density at radius 2 is 1.78 bits per heavy atom. The van der Waals surface area contributed by atoms with Crippen molar-refractivity contribution < 1.29 is 22.1 Å². The Morgan fingerprint density at radius 3 is 2.30 bits per heavy atom. The Kier molecular flexibility index (Phi) is 4.85. The van der Waals surface area contributed by atoms with Crippen LogP contribution in [-0.4, -0.2) is 45.9 Å². The predicted molar refractivity (Wildman–Crippen MR) is 99.6 cm³/mol. The smallest absolute Gasteiger partial charge is 0.306 e. The molecule has 2 aromatic rings. The maximum atomic E-state index is 13.2. The molecule has 0 saturated carbocycles. The van der Waals surface area contributed by atoms with Gasteiger partial charge in [0.25, 0.3) is 5.91 Å². The zero-order chi connectivity index (χ0) is 19.8. The number of nitrogens with one attached hydrogen (secondary N) is 1. The molecule has 8 nitrogen and oxygen atoms in total. The van der Waals surface area contributed by atoms with Gasteiger partial charge in [-0.25, -0.2) is 0 Å². The Balaban J connectivity index is 2.17. The van der Waals surface area contributed by atoms with E-state index < -0.39 is 21.9 Å². The third-order valence-electron chi connectivity index (χ3n) is 4.46. The van der Waals surface area contributed by atoms with Crippen LogP contribution in [0, 0.1) is 0 Å². The van der Waals surface area contributed by atoms with Gasteiger partial charge in [-0.3, -0.25) is 15.8 Å². The van der Waals surface area contributed by atoms with Gasteiger partial charge in [-0.15, -0.1) is 0 Å². The summed E-state index contributed by atoms with van der Waals surface area (Å²) in [6.07, 6.45) is 0.251. The molecule has 0 spiro atoms. The van der Waals surface area contributed by atoms with Crippen molar-refractivity contribution in [3.63, 3.8) is 0 Å². The van der Waals surface area contributed by atoms with Gasteiger partial charge >= 0.3 is 10.1 Å². The van der Waals surface area contributed by atoms with Crippen LogP contribution in [0.15, 0.2) is 48.5 Å². The lowest BCUT2D eigenvalue weighted by Crippen LogP contribution is -2.47. The van der Waals surface area contributed by atoms with Crippen LogP contribution >= 0.6 is 0 Å². The van der Waals surface area contributed by atoms with Gasteiger partial charge in [0.15, 0.2) is 5.54 Å². The van der Waals surface area contributed by atoms with E-state index in [9.17, 15) is 13.2 Å². The largest absolute Gasteiger partial charge is 0.497 e. The van der Waals surface area contributed by atoms with Crippen molar-refractivity contribution in [1.29, 1.82) is 0 Å². The van der Waals surface area contributed by atoms with Crippen LogP contribution in [-0.2, 0) is 20.5 Å². The van der Waals surface area contributed by atoms with E-state index in [-0.39, 0.29) is 11.7 Å². The second-order valence-corrected chi connectivity index (χ2v) is 7.87. The first-order valence-electron chi connectivity index (χ1n) is 8.12. The lowest BCUT2D eigenvalue weighted by molar-refractivity contribution is -0.131. The zero-order valence-electron chi connectivity index (χ0n) is 15.2. The molecule has 1 heterocycles. The molecular formula is C18H21N3O5S. The molecule has 1 amide bonds. The second-order valence-electron chi connectivity index (χ2n) is 6.30. The first-order chi connectivity index (χ1) is 12.7. The molecule has 1 saturated heterocycles. The highest BCUT2D eigenvalue weighted by atomic mass is 32.2. The number of methoxy groups -OCH3 is 1. The zero-order valence-corrected chi connectivity index (χ0v) is 16.0. The fourth-order valence-corrected chi connectivity index (χ4v) is 3.60. The molecule has 0 bridgehead atoms. The topological polar surface area (TPSA) is 111 Å². The highest BCUT2D eigenvalue weighted by Crippen LogP contribution is 2.38. The summed E-state index contributed by atoms with van der Waals surface area (Å²) < 4.78 is 33.1. The summed E-state index contributed by atoms with van der Waals surface area (Å²) in [5, 5.41) is 3.14. The lowest BCUT2D eigenvalue weighted by atomic mass is 9.82. The number of hydrogen-bond acceptors (Lipinski definition) is 7. The molecule has 2 aromatic carbocycles. The normalized spacial score (nSPS) is 22.7. The van der Waals surface area contributed by atoms with Crippen LogP contribution in [0.2, 0.25) is 0 Å². The maximum absolute atomic E-state index is 13.2. The van der Waals surface area contributed by atoms with Crippen molar-refractivity contribution in [3.8, 4) is 11.5 Å². The molecule has 1 aliphatic rings. The van der Waals surface area contributed by atoms with E-state index in [1.165, 1.54) is 17.0 Å². The van der Waals surface area contributed by atoms with Gasteiger partial charge in [-0.05, 0) is 35.4 Å². The first-order valence-corrected chi connectivity index (χ1v) is 9.94. The van der Waals surface area contributed by atoms with Crippen molar-refractivity contribution in [2.75, 3.05) is 20.4 Å². The number of carbonyl (C=O) groups is 1. The van der Waals surface area contributed by atoms with Gasteiger partial charge in [-0.2, -0.15) is 8.42 Å². The molecule has 0 aromatic heterocycles. The number of carbonyl (C=O) groups excluding carboxylic acids is 1. The van der Waals surface area contributed by atoms with Crippen molar-refractivity contribution in [3.05, 3.63) is 59.7 Å². The Bertz CT molecular complexity index is 961. The second kappa shape index (κ2) is 6.84. The van der Waals surface area contributed by atoms with Gasteiger partial charge in [-0.1, -0.05) is 24.3 Å². The molecule has 27 heavy (non-hydrogen) atoms. The predicted octanol–water partition coefficient (Wildman–Crippen LogP) is 0.581. The molecule has 0 radical (unpaired) electrons. The van der Waals surface area contributed by atoms with Gasteiger partial charge in [0.1, 0.15) is 17.8 Å². The third kappa shape index (κ3) is 3.48. The Morgan fingerprint density at radius 1 is 1.11 bits per heavy atom. The number of nitrogens with zero attached hydrogens (tertiary/aromatic N) is 1. The summed E-state index contributed by atoms with van der Waals surface area (Å²) in [5.41, 5.74) is 5.93. The molecule has 144 valence electrons. The third-order valence-corrected chi connectivity index (χ3v) is 4.96. The van der Waals surface area contributed by atoms with Crippen molar-refractivity contribution >= 4 is 16.0 Å². The molecule has 3 rings (SSSR count). The van der Waals surface area contributed by atoms with E-state index in [4.69, 9.17) is 14.7 Å². The quantitative estimate of drug-likeness (QED) is 0.717. The minimum Gasteiger partial charge on any atom is -0.497 e. The summed E-state index contributed by atoms with van der Waals surface area (Å²) in [5.74, 6) is 0.489. The van der Waals surface area contributed by atoms with E-state index in [1.807, 2.05) is 0 Å². The van der Waals surface area contributed by atoms with E-state index in [0.29, 0.717) is 16.9 Å². The van der Waals surface area contributed by atoms with Crippen molar-refractivity contribution in [1.82, 2.24) is 10.2 Å². The molecule has 2 atom stereocenters. The highest BCUT2D eigenvalue weighted by Gasteiger charge is 2.51. The summed E-state index contributed by atoms with van der Waals surface area (Å²) in [7, 11) is -0.549. The summed E-state index contributed by atoms with van der Waals surface area (Å²) >= 11 is 0. The fraction of sp³-hybridized carbons (Fsp3) is 0.278. The standard InChI is InChI=1S/C18H21N3O5S/c1-21-16(22)18(20-17(21)19,12-7-9-14(25-2)10-8-12)13-5-4-6-15(11-13)26-27(3,23)24/h4-11,17,20H,19H2,1-3H3. The molecule has 1 aliphatic heterocycles. The Hall–Kier alpha value is -2.62. The van der Waals surface area contributed by atoms with Crippen LogP contribution in [0.1, 0.15) is 11.1 Å². The van der Waals surface area contributed by atoms with E-state index in [2.05, 4.69) is 5.32 Å². The molecule has 0 aliphatic carbocycles. The van der Waals surface area contributed by atoms with E-state index >= 15 is 0 Å². The van der Waals surface area contributed by atoms with E-state index in [0.717, 1.165) is 6.26 Å². The minimum atomic E-state index is -3.70. The molecule has 1 fully saturated rings. The van der Waals surface area contributed by atoms with Gasteiger partial charge < -0.3 is 13.8 Å². The number of ether oxygens (including phenoxy) is 1. The summed E-state index contributed by atoms with van der Waals surface area (Å²) in [6.45, 7) is 0. The van der Waals surface area contributed by atoms with Gasteiger partial charge in [0.2, 0.25) is 0 Å². The van der Waals surface area contributed by atoms with Crippen LogP contribution in [0.25, 0.3) is 0 Å². The SMILES string of the molecule is COc1ccc(C2(c3cccc(OS(C)(=O)=O)c3)NC(N)N(C)C2=O)cc1. The molecule has 9 heteroatoms. The van der Waals surface area contributed by atoms with Gasteiger partial charge in [0.05, 0.1) is 13.4 Å². The number of rotatable bonds is 5. The summed E-state index contributed by atoms with van der Waals surface area (Å²) in [6, 6.07) is 13.4. The fourth-order valence-electron chi connectivity index (χ4n) is 3.15. The van der Waals surface area contributed by atoms with Gasteiger partial charge in [0, 0.05) is 7.05 Å². The average molecular weight is 391 g/mol. The average Bonchev–Trinajstić information content (AvgIpc) is 2.86. The highest BCUT2D eigenvalue weighted by molar-refractivity contribution is 7.86. The maximum Gasteiger partial charge on any atom is 0.306 e. The van der Waals surface area contributed by atoms with Crippen molar-refractivity contribution in [2.24, 2.45) is 5.73 Å². The van der Waals surface area contributed by atoms with E-state index in [1.54, 1.807) is 50.6 Å².